The molecule has 0 aromatic heterocycles. The molecule has 4 rings (SSSR count). The summed E-state index contributed by atoms with van der Waals surface area (Å²) in [6, 6.07) is 17.6. The minimum atomic E-state index is -0.124. The highest BCUT2D eigenvalue weighted by atomic mass is 32.2. The lowest BCUT2D eigenvalue weighted by Crippen LogP contribution is -2.28. The number of benzene rings is 3. The second-order valence-electron chi connectivity index (χ2n) is 8.29. The van der Waals surface area contributed by atoms with Gasteiger partial charge in [-0.15, -0.1) is 0 Å². The minimum absolute atomic E-state index is 0.124. The Morgan fingerprint density at radius 2 is 1.53 bits per heavy atom. The zero-order valence-electron chi connectivity index (χ0n) is 20.3. The fourth-order valence-electron chi connectivity index (χ4n) is 3.64. The van der Waals surface area contributed by atoms with Crippen molar-refractivity contribution in [3.63, 3.8) is 0 Å². The highest BCUT2D eigenvalue weighted by molar-refractivity contribution is 8.19. The molecule has 1 aliphatic heterocycles. The lowest BCUT2D eigenvalue weighted by Gasteiger charge is -2.17. The fraction of sp³-hybridized carbons (Fsp3) is 0.214. The van der Waals surface area contributed by atoms with E-state index >= 15 is 0 Å². The SMILES string of the molecule is COc1ccc(OC)c(/C=C2\SC(=Nc3ccc(C)c(C)c3)N(c3ccc(C)c(C)c3)C2=O)c1. The van der Waals surface area contributed by atoms with Crippen LogP contribution in [-0.2, 0) is 4.79 Å². The number of aryl methyl sites for hydroxylation is 4. The Balaban J connectivity index is 1.83. The maximum atomic E-state index is 13.7. The van der Waals surface area contributed by atoms with Gasteiger partial charge in [0.15, 0.2) is 5.17 Å². The number of thioether (sulfide) groups is 1. The molecule has 0 radical (unpaired) electrons. The summed E-state index contributed by atoms with van der Waals surface area (Å²) in [4.78, 5) is 20.8. The minimum Gasteiger partial charge on any atom is -0.497 e. The molecule has 0 bridgehead atoms. The number of ether oxygens (including phenoxy) is 2. The first-order chi connectivity index (χ1) is 16.3. The van der Waals surface area contributed by atoms with Crippen LogP contribution in [0.25, 0.3) is 6.08 Å². The fourth-order valence-corrected chi connectivity index (χ4v) is 4.63. The van der Waals surface area contributed by atoms with Gasteiger partial charge in [-0.2, -0.15) is 0 Å². The second kappa shape index (κ2) is 9.77. The van der Waals surface area contributed by atoms with Crippen LogP contribution in [0, 0.1) is 27.7 Å². The summed E-state index contributed by atoms with van der Waals surface area (Å²) in [6.45, 7) is 8.24. The molecule has 0 N–H and O–H groups in total. The third-order valence-electron chi connectivity index (χ3n) is 5.99. The van der Waals surface area contributed by atoms with E-state index in [9.17, 15) is 4.79 Å². The molecule has 3 aromatic carbocycles. The van der Waals surface area contributed by atoms with E-state index in [4.69, 9.17) is 14.5 Å². The van der Waals surface area contributed by atoms with Crippen LogP contribution >= 0.6 is 11.8 Å². The summed E-state index contributed by atoms with van der Waals surface area (Å²) < 4.78 is 10.9. The molecular weight excluding hydrogens is 444 g/mol. The van der Waals surface area contributed by atoms with Crippen molar-refractivity contribution in [3.05, 3.63) is 87.3 Å². The van der Waals surface area contributed by atoms with Crippen molar-refractivity contribution in [2.24, 2.45) is 4.99 Å². The van der Waals surface area contributed by atoms with E-state index in [2.05, 4.69) is 20.8 Å². The number of anilines is 1. The average molecular weight is 473 g/mol. The van der Waals surface area contributed by atoms with Gasteiger partial charge in [0.05, 0.1) is 30.5 Å². The summed E-state index contributed by atoms with van der Waals surface area (Å²) in [7, 11) is 3.23. The van der Waals surface area contributed by atoms with E-state index in [1.165, 1.54) is 22.9 Å². The van der Waals surface area contributed by atoms with Crippen molar-refractivity contribution < 1.29 is 14.3 Å². The van der Waals surface area contributed by atoms with E-state index in [0.717, 1.165) is 28.1 Å². The Kier molecular flexibility index (Phi) is 6.80. The lowest BCUT2D eigenvalue weighted by molar-refractivity contribution is -0.113. The number of hydrogen-bond acceptors (Lipinski definition) is 5. The van der Waals surface area contributed by atoms with Gasteiger partial charge in [0.25, 0.3) is 5.91 Å². The molecule has 0 spiro atoms. The Bertz CT molecular complexity index is 1330. The molecule has 1 saturated heterocycles. The van der Waals surface area contributed by atoms with Gasteiger partial charge in [0.2, 0.25) is 0 Å². The van der Waals surface area contributed by atoms with Crippen LogP contribution in [0.4, 0.5) is 11.4 Å². The molecule has 0 unspecified atom stereocenters. The molecule has 1 amide bonds. The molecule has 0 atom stereocenters. The number of methoxy groups -OCH3 is 2. The maximum Gasteiger partial charge on any atom is 0.271 e. The molecule has 5 nitrogen and oxygen atoms in total. The summed E-state index contributed by atoms with van der Waals surface area (Å²) in [5, 5.41) is 0.615. The van der Waals surface area contributed by atoms with Crippen molar-refractivity contribution in [2.45, 2.75) is 27.7 Å². The van der Waals surface area contributed by atoms with Gasteiger partial charge in [-0.1, -0.05) is 12.1 Å². The van der Waals surface area contributed by atoms with Crippen LogP contribution in [0.1, 0.15) is 27.8 Å². The Morgan fingerprint density at radius 3 is 2.18 bits per heavy atom. The van der Waals surface area contributed by atoms with Gasteiger partial charge in [-0.3, -0.25) is 9.69 Å². The van der Waals surface area contributed by atoms with Crippen LogP contribution in [0.3, 0.4) is 0 Å². The topological polar surface area (TPSA) is 51.1 Å². The smallest absolute Gasteiger partial charge is 0.271 e. The number of nitrogens with zero attached hydrogens (tertiary/aromatic N) is 2. The van der Waals surface area contributed by atoms with Crippen LogP contribution in [0.2, 0.25) is 0 Å². The predicted molar refractivity (Wildman–Crippen MR) is 142 cm³/mol. The van der Waals surface area contributed by atoms with Gasteiger partial charge in [-0.05, 0) is 110 Å². The normalized spacial score (nSPS) is 15.9. The van der Waals surface area contributed by atoms with Crippen molar-refractivity contribution in [1.29, 1.82) is 0 Å². The van der Waals surface area contributed by atoms with Gasteiger partial charge in [0.1, 0.15) is 11.5 Å². The first-order valence-electron chi connectivity index (χ1n) is 11.0. The summed E-state index contributed by atoms with van der Waals surface area (Å²) in [5.41, 5.74) is 7.03. The van der Waals surface area contributed by atoms with E-state index < -0.39 is 0 Å². The van der Waals surface area contributed by atoms with Crippen molar-refractivity contribution in [1.82, 2.24) is 0 Å². The highest BCUT2D eigenvalue weighted by Gasteiger charge is 2.35. The number of carbonyl (C=O) groups is 1. The van der Waals surface area contributed by atoms with Crippen LogP contribution in [-0.4, -0.2) is 25.3 Å². The average Bonchev–Trinajstić information content (AvgIpc) is 3.12. The molecule has 0 aliphatic carbocycles. The van der Waals surface area contributed by atoms with Gasteiger partial charge < -0.3 is 9.47 Å². The summed E-state index contributed by atoms with van der Waals surface area (Å²) in [5.74, 6) is 1.23. The molecular formula is C28H28N2O3S. The Labute approximate surface area is 205 Å². The van der Waals surface area contributed by atoms with Gasteiger partial charge >= 0.3 is 0 Å². The van der Waals surface area contributed by atoms with Crippen LogP contribution < -0.4 is 14.4 Å². The van der Waals surface area contributed by atoms with Crippen LogP contribution in [0.5, 0.6) is 11.5 Å². The number of carbonyl (C=O) groups excluding carboxylic acids is 1. The van der Waals surface area contributed by atoms with Gasteiger partial charge in [0, 0.05) is 5.56 Å². The Morgan fingerprint density at radius 1 is 0.824 bits per heavy atom. The molecule has 3 aromatic rings. The number of amides is 1. The van der Waals surface area contributed by atoms with E-state index in [-0.39, 0.29) is 5.91 Å². The maximum absolute atomic E-state index is 13.7. The molecule has 6 heteroatoms. The van der Waals surface area contributed by atoms with Crippen LogP contribution in [0.15, 0.2) is 64.5 Å². The first-order valence-corrected chi connectivity index (χ1v) is 11.8. The largest absolute Gasteiger partial charge is 0.497 e. The van der Waals surface area contributed by atoms with E-state index in [0.29, 0.717) is 21.6 Å². The summed E-state index contributed by atoms with van der Waals surface area (Å²) >= 11 is 1.36. The molecule has 34 heavy (non-hydrogen) atoms. The standard InChI is InChI=1S/C28H28N2O3S/c1-17-7-9-22(13-19(17)3)29-28-30(23-10-8-18(2)20(4)14-23)27(31)26(34-28)16-21-15-24(32-5)11-12-25(21)33-6/h7-16H,1-6H3/b26-16-,29-28?. The molecule has 1 heterocycles. The molecule has 1 fully saturated rings. The second-order valence-corrected chi connectivity index (χ2v) is 9.30. The third-order valence-corrected chi connectivity index (χ3v) is 6.96. The number of aliphatic imine (C=N–C) groups is 1. The Hall–Kier alpha value is -3.51. The zero-order chi connectivity index (χ0) is 24.4. The molecule has 1 aliphatic rings. The predicted octanol–water partition coefficient (Wildman–Crippen LogP) is 6.75. The van der Waals surface area contributed by atoms with Crippen molar-refractivity contribution in [2.75, 3.05) is 19.1 Å². The zero-order valence-corrected chi connectivity index (χ0v) is 21.1. The van der Waals surface area contributed by atoms with E-state index in [1.54, 1.807) is 19.1 Å². The number of hydrogen-bond donors (Lipinski definition) is 0. The molecule has 174 valence electrons. The number of amidine groups is 1. The monoisotopic (exact) mass is 472 g/mol. The van der Waals surface area contributed by atoms with E-state index in [1.807, 2.05) is 67.6 Å². The van der Waals surface area contributed by atoms with Crippen molar-refractivity contribution >= 4 is 40.3 Å². The highest BCUT2D eigenvalue weighted by Crippen LogP contribution is 2.39. The lowest BCUT2D eigenvalue weighted by atomic mass is 10.1. The quantitative estimate of drug-likeness (QED) is 0.386. The first kappa shape index (κ1) is 23.6. The molecule has 0 saturated carbocycles. The van der Waals surface area contributed by atoms with Crippen molar-refractivity contribution in [3.8, 4) is 11.5 Å². The van der Waals surface area contributed by atoms with Gasteiger partial charge in [-0.25, -0.2) is 4.99 Å². The third kappa shape index (κ3) is 4.73. The number of rotatable bonds is 5. The summed E-state index contributed by atoms with van der Waals surface area (Å²) in [6.07, 6.45) is 1.84.